The second-order valence-corrected chi connectivity index (χ2v) is 19.0. The number of nitrogens with one attached hydrogen (secondary N) is 2. The first-order chi connectivity index (χ1) is 24.7. The zero-order valence-corrected chi connectivity index (χ0v) is 38.6. The average Bonchev–Trinajstić information content (AvgIpc) is 3.26. The van der Waals surface area contributed by atoms with Gasteiger partial charge in [-0.3, -0.25) is 0 Å². The molecule has 3 rings (SSSR count). The number of piperidine rings is 1. The van der Waals surface area contributed by atoms with Gasteiger partial charge in [-0.1, -0.05) is 139 Å². The van der Waals surface area contributed by atoms with Crippen LogP contribution in [0.4, 0.5) is 0 Å². The van der Waals surface area contributed by atoms with E-state index in [4.69, 9.17) is 4.74 Å². The lowest BCUT2D eigenvalue weighted by molar-refractivity contribution is -0.115. The lowest BCUT2D eigenvalue weighted by atomic mass is 9.69. The van der Waals surface area contributed by atoms with E-state index in [0.29, 0.717) is 23.6 Å². The van der Waals surface area contributed by atoms with Crippen molar-refractivity contribution in [1.29, 1.82) is 0 Å². The van der Waals surface area contributed by atoms with Crippen molar-refractivity contribution in [3.05, 3.63) is 47.5 Å². The van der Waals surface area contributed by atoms with Gasteiger partial charge in [0.15, 0.2) is 0 Å². The molecule has 0 aliphatic carbocycles. The van der Waals surface area contributed by atoms with Crippen molar-refractivity contribution >= 4 is 6.29 Å². The fourth-order valence-electron chi connectivity index (χ4n) is 8.28. The number of benzene rings is 1. The molecule has 4 heteroatoms. The van der Waals surface area contributed by atoms with Gasteiger partial charge in [-0.15, -0.1) is 0 Å². The molecule has 53 heavy (non-hydrogen) atoms. The summed E-state index contributed by atoms with van der Waals surface area (Å²) in [6.07, 6.45) is 17.2. The Morgan fingerprint density at radius 3 is 2.06 bits per heavy atom. The van der Waals surface area contributed by atoms with Crippen molar-refractivity contribution in [1.82, 2.24) is 10.6 Å². The Bertz CT molecular complexity index is 1150. The van der Waals surface area contributed by atoms with Crippen molar-refractivity contribution in [2.45, 2.75) is 235 Å². The van der Waals surface area contributed by atoms with Crippen molar-refractivity contribution in [3.8, 4) is 0 Å². The number of hydrogen-bond acceptors (Lipinski definition) is 4. The minimum atomic E-state index is -0.456. The number of carbonyl (C=O) groups is 1. The summed E-state index contributed by atoms with van der Waals surface area (Å²) in [5.74, 6) is 1.47. The molecule has 2 aliphatic heterocycles. The number of aldehydes is 1. The molecule has 5 unspecified atom stereocenters. The topological polar surface area (TPSA) is 50.4 Å². The van der Waals surface area contributed by atoms with Gasteiger partial charge in [0, 0.05) is 29.8 Å². The second kappa shape index (κ2) is 24.2. The van der Waals surface area contributed by atoms with Crippen LogP contribution in [0.5, 0.6) is 0 Å². The van der Waals surface area contributed by atoms with Gasteiger partial charge in [-0.25, -0.2) is 0 Å². The Labute approximate surface area is 332 Å². The summed E-state index contributed by atoms with van der Waals surface area (Å²) >= 11 is 0. The minimum absolute atomic E-state index is 0.107. The number of carbonyl (C=O) groups excluding carboxylic acids is 1. The van der Waals surface area contributed by atoms with Crippen LogP contribution < -0.4 is 10.6 Å². The third-order valence-corrected chi connectivity index (χ3v) is 12.3. The second-order valence-electron chi connectivity index (χ2n) is 19.0. The van der Waals surface area contributed by atoms with Crippen LogP contribution in [0.25, 0.3) is 0 Å². The zero-order valence-electron chi connectivity index (χ0n) is 38.6. The number of rotatable bonds is 14. The predicted molar refractivity (Wildman–Crippen MR) is 236 cm³/mol. The summed E-state index contributed by atoms with van der Waals surface area (Å²) in [4.78, 5) is 12.7. The molecule has 0 bridgehead atoms. The SMILES string of the molecule is C=C(CC1CCC(C)NC(C)(C)C1)C(C=O)(CCCC)Cc1cccc(C(C)(C)C)c1.CC.CCC(C)C.CCC1(C)CC(OC)CC(CC)(CC)N1. The molecule has 1 aromatic rings. The molecular weight excluding hydrogens is 649 g/mol. The van der Waals surface area contributed by atoms with Crippen LogP contribution in [-0.2, 0) is 21.4 Å². The van der Waals surface area contributed by atoms with Crippen LogP contribution in [0.15, 0.2) is 36.4 Å². The normalized spacial score (nSPS) is 24.8. The van der Waals surface area contributed by atoms with E-state index >= 15 is 0 Å². The molecule has 1 aromatic carbocycles. The maximum Gasteiger partial charge on any atom is 0.130 e. The van der Waals surface area contributed by atoms with Gasteiger partial charge in [-0.05, 0) is 127 Å². The molecule has 2 fully saturated rings. The number of methoxy groups -OCH3 is 1. The molecule has 4 nitrogen and oxygen atoms in total. The van der Waals surface area contributed by atoms with E-state index in [1.807, 2.05) is 21.0 Å². The fourth-order valence-corrected chi connectivity index (χ4v) is 8.28. The summed E-state index contributed by atoms with van der Waals surface area (Å²) < 4.78 is 5.61. The van der Waals surface area contributed by atoms with E-state index in [-0.39, 0.29) is 16.5 Å². The largest absolute Gasteiger partial charge is 0.381 e. The summed E-state index contributed by atoms with van der Waals surface area (Å²) in [7, 11) is 1.85. The van der Waals surface area contributed by atoms with E-state index < -0.39 is 5.41 Å². The smallest absolute Gasteiger partial charge is 0.130 e. The first-order valence-electron chi connectivity index (χ1n) is 22.0. The van der Waals surface area contributed by atoms with Crippen LogP contribution >= 0.6 is 0 Å². The fraction of sp³-hybridized carbons (Fsp3) is 0.816. The third-order valence-electron chi connectivity index (χ3n) is 12.3. The highest BCUT2D eigenvalue weighted by molar-refractivity contribution is 5.66. The third kappa shape index (κ3) is 17.9. The first-order valence-corrected chi connectivity index (χ1v) is 22.0. The molecule has 0 spiro atoms. The predicted octanol–water partition coefficient (Wildman–Crippen LogP) is 13.6. The van der Waals surface area contributed by atoms with Crippen molar-refractivity contribution < 1.29 is 9.53 Å². The average molecular weight is 741 g/mol. The lowest BCUT2D eigenvalue weighted by Crippen LogP contribution is -2.62. The lowest BCUT2D eigenvalue weighted by Gasteiger charge is -2.50. The van der Waals surface area contributed by atoms with Crippen LogP contribution in [0.1, 0.15) is 205 Å². The van der Waals surface area contributed by atoms with Gasteiger partial charge < -0.3 is 20.2 Å². The van der Waals surface area contributed by atoms with Gasteiger partial charge in [-0.2, -0.15) is 0 Å². The van der Waals surface area contributed by atoms with E-state index in [2.05, 4.69) is 138 Å². The monoisotopic (exact) mass is 741 g/mol. The van der Waals surface area contributed by atoms with Crippen LogP contribution in [-0.4, -0.2) is 42.2 Å². The maximum absolute atomic E-state index is 12.7. The molecule has 0 radical (unpaired) electrons. The Morgan fingerprint density at radius 1 is 0.981 bits per heavy atom. The van der Waals surface area contributed by atoms with Crippen LogP contribution in [0.2, 0.25) is 0 Å². The Kier molecular flexibility index (Phi) is 23.5. The summed E-state index contributed by atoms with van der Waals surface area (Å²) in [6, 6.07) is 9.39. The van der Waals surface area contributed by atoms with E-state index in [0.717, 1.165) is 62.9 Å². The number of hydrogen-bond donors (Lipinski definition) is 2. The molecule has 5 atom stereocenters. The molecule has 310 valence electrons. The molecular formula is C49H92N2O2. The summed E-state index contributed by atoms with van der Waals surface area (Å²) in [6.45, 7) is 40.2. The Balaban J connectivity index is 0.00000102. The molecule has 2 saturated heterocycles. The number of unbranched alkanes of at least 4 members (excludes halogenated alkanes) is 1. The summed E-state index contributed by atoms with van der Waals surface area (Å²) in [5.41, 5.74) is 4.07. The van der Waals surface area contributed by atoms with Gasteiger partial charge >= 0.3 is 0 Å². The van der Waals surface area contributed by atoms with E-state index in [9.17, 15) is 4.79 Å². The maximum atomic E-state index is 12.7. The Morgan fingerprint density at radius 2 is 1.58 bits per heavy atom. The van der Waals surface area contributed by atoms with Crippen molar-refractivity contribution in [2.75, 3.05) is 7.11 Å². The van der Waals surface area contributed by atoms with Gasteiger partial charge in [0.2, 0.25) is 0 Å². The van der Waals surface area contributed by atoms with E-state index in [1.54, 1.807) is 0 Å². The minimum Gasteiger partial charge on any atom is -0.381 e. The Hall–Kier alpha value is -1.49. The van der Waals surface area contributed by atoms with Crippen LogP contribution in [0.3, 0.4) is 0 Å². The molecule has 0 aromatic heterocycles. The number of ether oxygens (including phenoxy) is 1. The summed E-state index contributed by atoms with van der Waals surface area (Å²) in [5, 5.41) is 7.65. The highest BCUT2D eigenvalue weighted by Gasteiger charge is 2.43. The molecule has 0 amide bonds. The van der Waals surface area contributed by atoms with Crippen LogP contribution in [0, 0.1) is 17.3 Å². The van der Waals surface area contributed by atoms with Crippen molar-refractivity contribution in [2.24, 2.45) is 17.3 Å². The van der Waals surface area contributed by atoms with E-state index in [1.165, 1.54) is 55.9 Å². The molecule has 2 heterocycles. The van der Waals surface area contributed by atoms with Crippen molar-refractivity contribution in [3.63, 3.8) is 0 Å². The standard InChI is InChI=1S/C29H47NO.C13H27NO.C5H12.C2H6/c1-9-10-16-29(21-31,20-24-12-11-13-26(18-24)27(4,5)6)22(2)17-25-15-14-23(3)30-28(7,8)19-25;1-6-12(4)9-11(15-5)10-13(7-2,8-3)14-12;1-4-5(2)3;1-2/h11-13,18,21,23,25,30H,2,9-10,14-17,19-20H2,1,3-8H3;11,14H,6-10H2,1-5H3;5H,4H2,1-3H3;1-2H3. The highest BCUT2D eigenvalue weighted by Crippen LogP contribution is 2.41. The first kappa shape index (κ1) is 51.5. The van der Waals surface area contributed by atoms with Gasteiger partial charge in [0.1, 0.15) is 6.29 Å². The molecule has 0 saturated carbocycles. The number of allylic oxidation sites excluding steroid dienone is 1. The molecule has 2 N–H and O–H groups in total. The zero-order chi connectivity index (χ0) is 41.1. The van der Waals surface area contributed by atoms with Gasteiger partial charge in [0.25, 0.3) is 0 Å². The van der Waals surface area contributed by atoms with Gasteiger partial charge in [0.05, 0.1) is 11.5 Å². The highest BCUT2D eigenvalue weighted by atomic mass is 16.5. The quantitative estimate of drug-likeness (QED) is 0.147. The molecule has 2 aliphatic rings.